The number of amides is 1. The Labute approximate surface area is 86.2 Å². The van der Waals surface area contributed by atoms with Gasteiger partial charge in [0.15, 0.2) is 5.69 Å². The van der Waals surface area contributed by atoms with Crippen LogP contribution in [0.3, 0.4) is 0 Å². The summed E-state index contributed by atoms with van der Waals surface area (Å²) in [6.07, 6.45) is 2.17. The van der Waals surface area contributed by atoms with E-state index >= 15 is 0 Å². The molecule has 0 saturated heterocycles. The molecule has 4 nitrogen and oxygen atoms in total. The molecule has 0 atom stereocenters. The first-order chi connectivity index (χ1) is 6.59. The Balaban J connectivity index is 2.55. The minimum Gasteiger partial charge on any atom is -0.397 e. The summed E-state index contributed by atoms with van der Waals surface area (Å²) in [5.74, 6) is -0.208. The van der Waals surface area contributed by atoms with Crippen LogP contribution in [0, 0.1) is 0 Å². The van der Waals surface area contributed by atoms with Gasteiger partial charge in [0.25, 0.3) is 5.91 Å². The Morgan fingerprint density at radius 3 is 2.71 bits per heavy atom. The molecule has 1 aliphatic rings. The van der Waals surface area contributed by atoms with Crippen LogP contribution in [-0.2, 0) is 0 Å². The van der Waals surface area contributed by atoms with Gasteiger partial charge in [0.05, 0.1) is 5.69 Å². The van der Waals surface area contributed by atoms with Crippen LogP contribution in [0.2, 0.25) is 5.15 Å². The lowest BCUT2D eigenvalue weighted by Crippen LogP contribution is -2.16. The van der Waals surface area contributed by atoms with Crippen molar-refractivity contribution in [3.63, 3.8) is 0 Å². The van der Waals surface area contributed by atoms with Gasteiger partial charge in [-0.15, -0.1) is 0 Å². The maximum absolute atomic E-state index is 11.0. The van der Waals surface area contributed by atoms with Crippen molar-refractivity contribution >= 4 is 23.2 Å². The highest BCUT2D eigenvalue weighted by Crippen LogP contribution is 2.43. The molecule has 1 aromatic heterocycles. The number of rotatable bonds is 2. The smallest absolute Gasteiger partial charge is 0.269 e. The Kier molecular flexibility index (Phi) is 2.07. The Morgan fingerprint density at radius 1 is 1.57 bits per heavy atom. The van der Waals surface area contributed by atoms with Crippen LogP contribution in [0.15, 0.2) is 6.07 Å². The van der Waals surface area contributed by atoms with E-state index in [1.807, 2.05) is 0 Å². The fraction of sp³-hybridized carbons (Fsp3) is 0.333. The van der Waals surface area contributed by atoms with Gasteiger partial charge in [-0.25, -0.2) is 4.98 Å². The summed E-state index contributed by atoms with van der Waals surface area (Å²) in [6, 6.07) is 1.71. The van der Waals surface area contributed by atoms with E-state index in [0.717, 1.165) is 18.4 Å². The number of nitrogens with two attached hydrogens (primary N) is 2. The number of carbonyl (C=O) groups is 1. The first-order valence-corrected chi connectivity index (χ1v) is 4.73. The van der Waals surface area contributed by atoms with Crippen molar-refractivity contribution in [1.29, 1.82) is 0 Å². The monoisotopic (exact) mass is 211 g/mol. The van der Waals surface area contributed by atoms with E-state index in [4.69, 9.17) is 23.1 Å². The van der Waals surface area contributed by atoms with Crippen LogP contribution in [0.5, 0.6) is 0 Å². The van der Waals surface area contributed by atoms with Crippen LogP contribution >= 0.6 is 11.6 Å². The first kappa shape index (κ1) is 9.27. The number of anilines is 1. The molecule has 2 rings (SSSR count). The van der Waals surface area contributed by atoms with Crippen molar-refractivity contribution in [2.45, 2.75) is 18.8 Å². The molecule has 0 unspecified atom stereocenters. The summed E-state index contributed by atoms with van der Waals surface area (Å²) in [6.45, 7) is 0. The number of nitrogens with zero attached hydrogens (tertiary/aromatic N) is 1. The average molecular weight is 212 g/mol. The van der Waals surface area contributed by atoms with Gasteiger partial charge in [-0.3, -0.25) is 4.79 Å². The summed E-state index contributed by atoms with van der Waals surface area (Å²) in [5, 5.41) is 0.273. The molecule has 4 N–H and O–H groups in total. The Bertz CT molecular complexity index is 401. The van der Waals surface area contributed by atoms with E-state index in [1.165, 1.54) is 0 Å². The van der Waals surface area contributed by atoms with Crippen LogP contribution < -0.4 is 11.5 Å². The van der Waals surface area contributed by atoms with Crippen molar-refractivity contribution < 1.29 is 4.79 Å². The number of hydrogen-bond donors (Lipinski definition) is 2. The van der Waals surface area contributed by atoms with Crippen molar-refractivity contribution in [3.05, 3.63) is 22.5 Å². The normalized spacial score (nSPS) is 15.5. The van der Waals surface area contributed by atoms with Gasteiger partial charge in [-0.05, 0) is 30.4 Å². The van der Waals surface area contributed by atoms with Crippen LogP contribution in [0.1, 0.15) is 34.8 Å². The van der Waals surface area contributed by atoms with E-state index < -0.39 is 5.91 Å². The molecule has 1 fully saturated rings. The Hall–Kier alpha value is -1.29. The quantitative estimate of drug-likeness (QED) is 0.724. The van der Waals surface area contributed by atoms with Gasteiger partial charge in [0, 0.05) is 0 Å². The lowest BCUT2D eigenvalue weighted by Gasteiger charge is -2.07. The first-order valence-electron chi connectivity index (χ1n) is 4.35. The topological polar surface area (TPSA) is 82.0 Å². The van der Waals surface area contributed by atoms with Gasteiger partial charge in [-0.2, -0.15) is 0 Å². The maximum Gasteiger partial charge on any atom is 0.269 e. The van der Waals surface area contributed by atoms with Crippen molar-refractivity contribution in [3.8, 4) is 0 Å². The summed E-state index contributed by atoms with van der Waals surface area (Å²) in [7, 11) is 0. The molecule has 0 radical (unpaired) electrons. The second-order valence-corrected chi connectivity index (χ2v) is 3.82. The van der Waals surface area contributed by atoms with Gasteiger partial charge in [0.1, 0.15) is 5.15 Å². The van der Waals surface area contributed by atoms with Gasteiger partial charge < -0.3 is 11.5 Å². The number of halogens is 1. The zero-order chi connectivity index (χ0) is 10.3. The van der Waals surface area contributed by atoms with E-state index in [-0.39, 0.29) is 10.8 Å². The number of nitrogen functional groups attached to an aromatic ring is 1. The van der Waals surface area contributed by atoms with Crippen molar-refractivity contribution in [2.24, 2.45) is 5.73 Å². The third kappa shape index (κ3) is 1.53. The van der Waals surface area contributed by atoms with Gasteiger partial charge >= 0.3 is 0 Å². The highest BCUT2D eigenvalue weighted by atomic mass is 35.5. The highest BCUT2D eigenvalue weighted by Gasteiger charge is 2.28. The summed E-state index contributed by atoms with van der Waals surface area (Å²) < 4.78 is 0. The van der Waals surface area contributed by atoms with Crippen LogP contribution in [0.25, 0.3) is 0 Å². The third-order valence-electron chi connectivity index (χ3n) is 2.31. The molecule has 1 saturated carbocycles. The van der Waals surface area contributed by atoms with Crippen molar-refractivity contribution in [1.82, 2.24) is 4.98 Å². The molecular weight excluding hydrogens is 202 g/mol. The van der Waals surface area contributed by atoms with E-state index in [0.29, 0.717) is 11.6 Å². The fourth-order valence-corrected chi connectivity index (χ4v) is 1.66. The number of pyridine rings is 1. The summed E-state index contributed by atoms with van der Waals surface area (Å²) in [5.41, 5.74) is 12.3. The SMILES string of the molecule is NC(=O)c1nc(Cl)cc(C2CC2)c1N. The minimum atomic E-state index is -0.633. The lowest BCUT2D eigenvalue weighted by molar-refractivity contribution is 0.0996. The number of hydrogen-bond acceptors (Lipinski definition) is 3. The van der Waals surface area contributed by atoms with Crippen LogP contribution in [0.4, 0.5) is 5.69 Å². The Morgan fingerprint density at radius 2 is 2.21 bits per heavy atom. The zero-order valence-corrected chi connectivity index (χ0v) is 8.21. The van der Waals surface area contributed by atoms with Gasteiger partial charge in [0.2, 0.25) is 0 Å². The maximum atomic E-state index is 11.0. The molecule has 5 heteroatoms. The molecule has 1 heterocycles. The summed E-state index contributed by atoms with van der Waals surface area (Å²) in [4.78, 5) is 14.8. The third-order valence-corrected chi connectivity index (χ3v) is 2.50. The standard InChI is InChI=1S/C9H10ClN3O/c10-6-3-5(4-1-2-4)7(11)8(13-6)9(12)14/h3-4H,1-2,11H2,(H2,12,14). The second kappa shape index (κ2) is 3.13. The molecular formula is C9H10ClN3O. The molecule has 0 aliphatic heterocycles. The molecule has 0 bridgehead atoms. The zero-order valence-electron chi connectivity index (χ0n) is 7.46. The van der Waals surface area contributed by atoms with Crippen LogP contribution in [-0.4, -0.2) is 10.9 Å². The molecule has 0 spiro atoms. The predicted octanol–water partition coefficient (Wildman–Crippen LogP) is 1.29. The van der Waals surface area contributed by atoms with Gasteiger partial charge in [-0.1, -0.05) is 11.6 Å². The lowest BCUT2D eigenvalue weighted by atomic mass is 10.1. The van der Waals surface area contributed by atoms with E-state index in [9.17, 15) is 4.79 Å². The number of carbonyl (C=O) groups excluding carboxylic acids is 1. The largest absolute Gasteiger partial charge is 0.397 e. The fourth-order valence-electron chi connectivity index (χ4n) is 1.46. The summed E-state index contributed by atoms with van der Waals surface area (Å²) >= 11 is 5.76. The predicted molar refractivity (Wildman–Crippen MR) is 54.2 cm³/mol. The molecule has 1 amide bonds. The number of primary amides is 1. The second-order valence-electron chi connectivity index (χ2n) is 3.44. The highest BCUT2D eigenvalue weighted by molar-refractivity contribution is 6.29. The molecule has 0 aromatic carbocycles. The average Bonchev–Trinajstić information content (AvgIpc) is 2.91. The molecule has 1 aromatic rings. The molecule has 14 heavy (non-hydrogen) atoms. The number of aromatic nitrogens is 1. The van der Waals surface area contributed by atoms with E-state index in [2.05, 4.69) is 4.98 Å². The molecule has 74 valence electrons. The van der Waals surface area contributed by atoms with E-state index in [1.54, 1.807) is 6.07 Å². The molecule has 1 aliphatic carbocycles. The minimum absolute atomic E-state index is 0.0828. The van der Waals surface area contributed by atoms with Crippen molar-refractivity contribution in [2.75, 3.05) is 5.73 Å².